The molecule has 1 aliphatic heterocycles. The number of thiophene rings is 1. The summed E-state index contributed by atoms with van der Waals surface area (Å²) in [7, 11) is 0. The molecule has 1 aliphatic rings. The van der Waals surface area contributed by atoms with E-state index in [1.165, 1.54) is 11.3 Å². The SMILES string of the molecule is Cc1nc(CC(=O)N2CCCC2c2ccc(C(N)=O)s2)c(C)s1. The minimum atomic E-state index is -0.411. The molecule has 1 unspecified atom stereocenters. The number of likely N-dealkylation sites (tertiary alicyclic amines) is 1. The van der Waals surface area contributed by atoms with Crippen molar-refractivity contribution in [1.82, 2.24) is 9.88 Å². The third kappa shape index (κ3) is 3.30. The Kier molecular flexibility index (Phi) is 4.50. The number of carbonyl (C=O) groups is 2. The first-order chi connectivity index (χ1) is 11.0. The molecular formula is C16H19N3O2S2. The van der Waals surface area contributed by atoms with E-state index in [1.54, 1.807) is 17.4 Å². The number of aryl methyl sites for hydroxylation is 2. The molecule has 0 radical (unpaired) electrons. The smallest absolute Gasteiger partial charge is 0.258 e. The van der Waals surface area contributed by atoms with Crippen molar-refractivity contribution in [2.45, 2.75) is 39.2 Å². The van der Waals surface area contributed by atoms with Gasteiger partial charge in [0.2, 0.25) is 5.91 Å². The fraction of sp³-hybridized carbons (Fsp3) is 0.438. The summed E-state index contributed by atoms with van der Waals surface area (Å²) in [6.45, 7) is 4.73. The number of hydrogen-bond acceptors (Lipinski definition) is 5. The molecule has 2 N–H and O–H groups in total. The van der Waals surface area contributed by atoms with Crippen LogP contribution in [0.3, 0.4) is 0 Å². The molecule has 1 saturated heterocycles. The number of rotatable bonds is 4. The number of amides is 2. The molecule has 5 nitrogen and oxygen atoms in total. The summed E-state index contributed by atoms with van der Waals surface area (Å²) in [6.07, 6.45) is 2.26. The van der Waals surface area contributed by atoms with E-state index < -0.39 is 5.91 Å². The zero-order valence-corrected chi connectivity index (χ0v) is 14.8. The van der Waals surface area contributed by atoms with Gasteiger partial charge in [-0.05, 0) is 38.8 Å². The second kappa shape index (κ2) is 6.41. The maximum atomic E-state index is 12.7. The summed E-state index contributed by atoms with van der Waals surface area (Å²) in [5, 5.41) is 0.993. The topological polar surface area (TPSA) is 76.3 Å². The van der Waals surface area contributed by atoms with Gasteiger partial charge in [-0.15, -0.1) is 22.7 Å². The van der Waals surface area contributed by atoms with Crippen molar-refractivity contribution in [2.24, 2.45) is 5.73 Å². The van der Waals surface area contributed by atoms with E-state index >= 15 is 0 Å². The summed E-state index contributed by atoms with van der Waals surface area (Å²) in [5.74, 6) is -0.305. The number of carbonyl (C=O) groups excluding carboxylic acids is 2. The molecule has 23 heavy (non-hydrogen) atoms. The molecule has 2 amide bonds. The highest BCUT2D eigenvalue weighted by Gasteiger charge is 2.31. The summed E-state index contributed by atoms with van der Waals surface area (Å²) < 4.78 is 0. The lowest BCUT2D eigenvalue weighted by Gasteiger charge is -2.23. The fourth-order valence-electron chi connectivity index (χ4n) is 3.01. The Hall–Kier alpha value is -1.73. The normalized spacial score (nSPS) is 17.7. The number of nitrogens with zero attached hydrogens (tertiary/aromatic N) is 2. The summed E-state index contributed by atoms with van der Waals surface area (Å²) in [4.78, 5) is 33.0. The standard InChI is InChI=1S/C16H19N3O2S2/c1-9-11(18-10(2)22-9)8-15(20)19-7-3-4-12(19)13-5-6-14(23-13)16(17)21/h5-6,12H,3-4,7-8H2,1-2H3,(H2,17,21). The van der Waals surface area contributed by atoms with E-state index in [1.807, 2.05) is 24.8 Å². The van der Waals surface area contributed by atoms with Crippen LogP contribution in [0.15, 0.2) is 12.1 Å². The van der Waals surface area contributed by atoms with Gasteiger partial charge in [0.15, 0.2) is 0 Å². The van der Waals surface area contributed by atoms with Crippen molar-refractivity contribution < 1.29 is 9.59 Å². The Morgan fingerprint density at radius 1 is 1.35 bits per heavy atom. The monoisotopic (exact) mass is 349 g/mol. The van der Waals surface area contributed by atoms with Crippen molar-refractivity contribution >= 4 is 34.5 Å². The van der Waals surface area contributed by atoms with Gasteiger partial charge in [-0.2, -0.15) is 0 Å². The van der Waals surface area contributed by atoms with E-state index in [0.717, 1.165) is 39.8 Å². The van der Waals surface area contributed by atoms with Gasteiger partial charge >= 0.3 is 0 Å². The highest BCUT2D eigenvalue weighted by molar-refractivity contribution is 7.14. The minimum absolute atomic E-state index is 0.0561. The van der Waals surface area contributed by atoms with Crippen molar-refractivity contribution in [1.29, 1.82) is 0 Å². The van der Waals surface area contributed by atoms with Crippen LogP contribution >= 0.6 is 22.7 Å². The average Bonchev–Trinajstić information content (AvgIpc) is 3.18. The molecule has 3 heterocycles. The minimum Gasteiger partial charge on any atom is -0.365 e. The largest absolute Gasteiger partial charge is 0.365 e. The fourth-order valence-corrected chi connectivity index (χ4v) is 4.85. The van der Waals surface area contributed by atoms with Crippen LogP contribution in [0.25, 0.3) is 0 Å². The maximum absolute atomic E-state index is 12.7. The first-order valence-electron chi connectivity index (χ1n) is 7.57. The van der Waals surface area contributed by atoms with Crippen molar-refractivity contribution in [3.05, 3.63) is 37.5 Å². The molecule has 1 atom stereocenters. The van der Waals surface area contributed by atoms with Gasteiger partial charge in [-0.25, -0.2) is 4.98 Å². The van der Waals surface area contributed by atoms with Gasteiger partial charge in [-0.1, -0.05) is 0 Å². The second-order valence-corrected chi connectivity index (χ2v) is 8.25. The van der Waals surface area contributed by atoms with Crippen LogP contribution in [0.4, 0.5) is 0 Å². The Morgan fingerprint density at radius 2 is 2.13 bits per heavy atom. The Bertz CT molecular complexity index is 750. The predicted molar refractivity (Wildman–Crippen MR) is 91.8 cm³/mol. The van der Waals surface area contributed by atoms with Gasteiger partial charge < -0.3 is 10.6 Å². The molecule has 0 spiro atoms. The lowest BCUT2D eigenvalue weighted by Crippen LogP contribution is -2.31. The second-order valence-electron chi connectivity index (χ2n) is 5.72. The molecule has 0 aliphatic carbocycles. The first-order valence-corrected chi connectivity index (χ1v) is 9.21. The molecule has 0 saturated carbocycles. The molecule has 2 aromatic heterocycles. The lowest BCUT2D eigenvalue weighted by atomic mass is 10.1. The number of thiazole rings is 1. The number of aromatic nitrogens is 1. The highest BCUT2D eigenvalue weighted by atomic mass is 32.1. The molecule has 3 rings (SSSR count). The molecule has 2 aromatic rings. The van der Waals surface area contributed by atoms with Crippen molar-refractivity contribution in [2.75, 3.05) is 6.54 Å². The predicted octanol–water partition coefficient (Wildman–Crippen LogP) is 2.83. The van der Waals surface area contributed by atoms with Gasteiger partial charge in [0.1, 0.15) is 0 Å². The molecular weight excluding hydrogens is 330 g/mol. The quantitative estimate of drug-likeness (QED) is 0.922. The van der Waals surface area contributed by atoms with Gasteiger partial charge in [0.25, 0.3) is 5.91 Å². The van der Waals surface area contributed by atoms with E-state index in [0.29, 0.717) is 11.3 Å². The highest BCUT2D eigenvalue weighted by Crippen LogP contribution is 2.36. The first kappa shape index (κ1) is 16.1. The number of primary amides is 1. The van der Waals surface area contributed by atoms with Gasteiger partial charge in [0, 0.05) is 16.3 Å². The third-order valence-electron chi connectivity index (χ3n) is 4.09. The van der Waals surface area contributed by atoms with Crippen molar-refractivity contribution in [3.8, 4) is 0 Å². The van der Waals surface area contributed by atoms with E-state index in [-0.39, 0.29) is 11.9 Å². The van der Waals surface area contributed by atoms with E-state index in [4.69, 9.17) is 5.73 Å². The lowest BCUT2D eigenvalue weighted by molar-refractivity contribution is -0.131. The van der Waals surface area contributed by atoms with Crippen molar-refractivity contribution in [3.63, 3.8) is 0 Å². The molecule has 122 valence electrons. The Balaban J connectivity index is 1.76. The van der Waals surface area contributed by atoms with Crippen LogP contribution in [-0.4, -0.2) is 28.2 Å². The van der Waals surface area contributed by atoms with Crippen LogP contribution < -0.4 is 5.73 Å². The summed E-state index contributed by atoms with van der Waals surface area (Å²) in [6, 6.07) is 3.72. The average molecular weight is 349 g/mol. The number of hydrogen-bond donors (Lipinski definition) is 1. The van der Waals surface area contributed by atoms with Gasteiger partial charge in [0.05, 0.1) is 28.0 Å². The van der Waals surface area contributed by atoms with Crippen LogP contribution in [-0.2, 0) is 11.2 Å². The Labute approximate surface area is 143 Å². The van der Waals surface area contributed by atoms with Crippen LogP contribution in [0.1, 0.15) is 49.0 Å². The maximum Gasteiger partial charge on any atom is 0.258 e. The Morgan fingerprint density at radius 3 is 2.74 bits per heavy atom. The summed E-state index contributed by atoms with van der Waals surface area (Å²) in [5.41, 5.74) is 6.21. The zero-order chi connectivity index (χ0) is 16.6. The molecule has 0 aromatic carbocycles. The van der Waals surface area contributed by atoms with Crippen LogP contribution in [0, 0.1) is 13.8 Å². The van der Waals surface area contributed by atoms with Crippen LogP contribution in [0.2, 0.25) is 0 Å². The number of nitrogens with two attached hydrogens (primary N) is 1. The summed E-state index contributed by atoms with van der Waals surface area (Å²) >= 11 is 3.02. The molecule has 0 bridgehead atoms. The zero-order valence-electron chi connectivity index (χ0n) is 13.2. The van der Waals surface area contributed by atoms with E-state index in [2.05, 4.69) is 4.98 Å². The van der Waals surface area contributed by atoms with Gasteiger partial charge in [-0.3, -0.25) is 9.59 Å². The molecule has 7 heteroatoms. The van der Waals surface area contributed by atoms with Crippen LogP contribution in [0.5, 0.6) is 0 Å². The van der Waals surface area contributed by atoms with E-state index in [9.17, 15) is 9.59 Å². The molecule has 1 fully saturated rings. The third-order valence-corrected chi connectivity index (χ3v) is 6.22.